The summed E-state index contributed by atoms with van der Waals surface area (Å²) >= 11 is 0. The minimum absolute atomic E-state index is 0.251. The number of carbonyl (C=O) groups excluding carboxylic acids is 1. The highest BCUT2D eigenvalue weighted by Crippen LogP contribution is 2.27. The lowest BCUT2D eigenvalue weighted by Gasteiger charge is -2.10. The van der Waals surface area contributed by atoms with Crippen molar-refractivity contribution in [1.82, 2.24) is 10.3 Å². The van der Waals surface area contributed by atoms with E-state index in [0.29, 0.717) is 35.8 Å². The highest BCUT2D eigenvalue weighted by molar-refractivity contribution is 5.92. The number of amides is 1. The van der Waals surface area contributed by atoms with Crippen LogP contribution in [-0.4, -0.2) is 31.7 Å². The second kappa shape index (κ2) is 9.54. The largest absolute Gasteiger partial charge is 0.493 e. The van der Waals surface area contributed by atoms with E-state index in [1.165, 1.54) is 12.1 Å². The number of rotatable bonds is 8. The molecule has 2 N–H and O–H groups in total. The molecule has 3 rings (SSSR count). The molecule has 0 unspecified atom stereocenters. The van der Waals surface area contributed by atoms with E-state index in [1.54, 1.807) is 44.7 Å². The average Bonchev–Trinajstić information content (AvgIpc) is 2.75. The highest BCUT2D eigenvalue weighted by atomic mass is 19.1. The van der Waals surface area contributed by atoms with Crippen molar-refractivity contribution in [3.63, 3.8) is 0 Å². The SMILES string of the molecule is COc1ccc(CCNC(=O)c2ccc(Nc3ccc(F)cc3)cn2)cc1OC. The summed E-state index contributed by atoms with van der Waals surface area (Å²) in [4.78, 5) is 16.5. The third kappa shape index (κ3) is 5.44. The van der Waals surface area contributed by atoms with Gasteiger partial charge < -0.3 is 20.1 Å². The molecule has 0 spiro atoms. The lowest BCUT2D eigenvalue weighted by molar-refractivity contribution is 0.0949. The van der Waals surface area contributed by atoms with Crippen molar-refractivity contribution in [3.8, 4) is 11.5 Å². The zero-order valence-electron chi connectivity index (χ0n) is 16.2. The summed E-state index contributed by atoms with van der Waals surface area (Å²) in [6.07, 6.45) is 2.21. The quantitative estimate of drug-likeness (QED) is 0.604. The fourth-order valence-electron chi connectivity index (χ4n) is 2.75. The standard InChI is InChI=1S/C22H22FN3O3/c1-28-20-10-3-15(13-21(20)29-2)11-12-24-22(27)19-9-8-18(14-25-19)26-17-6-4-16(23)5-7-17/h3-10,13-14,26H,11-12H2,1-2H3,(H,24,27). The topological polar surface area (TPSA) is 72.5 Å². The lowest BCUT2D eigenvalue weighted by Crippen LogP contribution is -2.26. The van der Waals surface area contributed by atoms with E-state index in [9.17, 15) is 9.18 Å². The number of nitrogens with zero attached hydrogens (tertiary/aromatic N) is 1. The molecule has 150 valence electrons. The molecular formula is C22H22FN3O3. The molecule has 0 saturated heterocycles. The maximum absolute atomic E-state index is 13.0. The molecule has 0 bridgehead atoms. The van der Waals surface area contributed by atoms with Gasteiger partial charge in [-0.2, -0.15) is 0 Å². The van der Waals surface area contributed by atoms with Crippen LogP contribution < -0.4 is 20.1 Å². The van der Waals surface area contributed by atoms with Crippen LogP contribution in [0.1, 0.15) is 16.1 Å². The van der Waals surface area contributed by atoms with E-state index >= 15 is 0 Å². The van der Waals surface area contributed by atoms with Gasteiger partial charge in [-0.1, -0.05) is 6.07 Å². The Morgan fingerprint density at radius 3 is 2.34 bits per heavy atom. The van der Waals surface area contributed by atoms with Crippen molar-refractivity contribution in [1.29, 1.82) is 0 Å². The number of pyridine rings is 1. The van der Waals surface area contributed by atoms with Gasteiger partial charge in [0.2, 0.25) is 0 Å². The predicted octanol–water partition coefficient (Wildman–Crippen LogP) is 3.95. The van der Waals surface area contributed by atoms with Crippen LogP contribution in [0, 0.1) is 5.82 Å². The van der Waals surface area contributed by atoms with Gasteiger partial charge >= 0.3 is 0 Å². The number of nitrogens with one attached hydrogen (secondary N) is 2. The summed E-state index contributed by atoms with van der Waals surface area (Å²) in [7, 11) is 3.18. The summed E-state index contributed by atoms with van der Waals surface area (Å²) in [5.74, 6) is 0.772. The number of benzene rings is 2. The van der Waals surface area contributed by atoms with E-state index in [-0.39, 0.29) is 11.7 Å². The van der Waals surface area contributed by atoms with Gasteiger partial charge in [-0.25, -0.2) is 9.37 Å². The van der Waals surface area contributed by atoms with Crippen molar-refractivity contribution >= 4 is 17.3 Å². The molecule has 7 heteroatoms. The summed E-state index contributed by atoms with van der Waals surface area (Å²) in [6, 6.07) is 15.0. The van der Waals surface area contributed by atoms with Crippen LogP contribution in [0.5, 0.6) is 11.5 Å². The van der Waals surface area contributed by atoms with Gasteiger partial charge in [-0.3, -0.25) is 4.79 Å². The summed E-state index contributed by atoms with van der Waals surface area (Å²) < 4.78 is 23.5. The number of aromatic nitrogens is 1. The van der Waals surface area contributed by atoms with Crippen LogP contribution in [0.25, 0.3) is 0 Å². The molecule has 0 atom stereocenters. The summed E-state index contributed by atoms with van der Waals surface area (Å²) in [5, 5.41) is 5.95. The first kappa shape index (κ1) is 20.1. The normalized spacial score (nSPS) is 10.3. The van der Waals surface area contributed by atoms with E-state index < -0.39 is 0 Å². The van der Waals surface area contributed by atoms with Crippen molar-refractivity contribution in [3.05, 3.63) is 77.9 Å². The third-order valence-corrected chi connectivity index (χ3v) is 4.28. The molecule has 29 heavy (non-hydrogen) atoms. The maximum atomic E-state index is 13.0. The third-order valence-electron chi connectivity index (χ3n) is 4.28. The van der Waals surface area contributed by atoms with E-state index in [0.717, 1.165) is 11.3 Å². The molecule has 0 fully saturated rings. The Labute approximate surface area is 168 Å². The zero-order valence-corrected chi connectivity index (χ0v) is 16.2. The van der Waals surface area contributed by atoms with Crippen LogP contribution in [0.4, 0.5) is 15.8 Å². The van der Waals surface area contributed by atoms with Crippen LogP contribution in [0.2, 0.25) is 0 Å². The number of halogens is 1. The maximum Gasteiger partial charge on any atom is 0.269 e. The summed E-state index contributed by atoms with van der Waals surface area (Å²) in [5.41, 5.74) is 2.79. The average molecular weight is 395 g/mol. The molecule has 6 nitrogen and oxygen atoms in total. The second-order valence-electron chi connectivity index (χ2n) is 6.26. The predicted molar refractivity (Wildman–Crippen MR) is 110 cm³/mol. The van der Waals surface area contributed by atoms with Gasteiger partial charge in [0.15, 0.2) is 11.5 Å². The number of methoxy groups -OCH3 is 2. The van der Waals surface area contributed by atoms with Gasteiger partial charge in [-0.15, -0.1) is 0 Å². The van der Waals surface area contributed by atoms with Crippen molar-refractivity contribution in [2.24, 2.45) is 0 Å². The first-order valence-corrected chi connectivity index (χ1v) is 9.07. The molecule has 3 aromatic rings. The Balaban J connectivity index is 1.52. The molecule has 0 aliphatic rings. The van der Waals surface area contributed by atoms with Gasteiger partial charge in [0, 0.05) is 12.2 Å². The van der Waals surface area contributed by atoms with E-state index in [1.807, 2.05) is 18.2 Å². The van der Waals surface area contributed by atoms with Gasteiger partial charge in [0.05, 0.1) is 26.1 Å². The molecule has 1 amide bonds. The molecule has 2 aromatic carbocycles. The lowest BCUT2D eigenvalue weighted by atomic mass is 10.1. The van der Waals surface area contributed by atoms with Crippen molar-refractivity contribution in [2.75, 3.05) is 26.1 Å². The highest BCUT2D eigenvalue weighted by Gasteiger charge is 2.08. The number of ether oxygens (including phenoxy) is 2. The number of carbonyl (C=O) groups is 1. The molecule has 0 saturated carbocycles. The van der Waals surface area contributed by atoms with Crippen molar-refractivity contribution < 1.29 is 18.7 Å². The van der Waals surface area contributed by atoms with E-state index in [2.05, 4.69) is 15.6 Å². The zero-order chi connectivity index (χ0) is 20.6. The minimum atomic E-state index is -0.297. The Hall–Kier alpha value is -3.61. The molecular weight excluding hydrogens is 373 g/mol. The summed E-state index contributed by atoms with van der Waals surface area (Å²) in [6.45, 7) is 0.464. The van der Waals surface area contributed by atoms with Crippen LogP contribution in [0.3, 0.4) is 0 Å². The number of hydrogen-bond donors (Lipinski definition) is 2. The Bertz CT molecular complexity index is 960. The Kier molecular flexibility index (Phi) is 6.63. The van der Waals surface area contributed by atoms with Gasteiger partial charge in [-0.05, 0) is 60.5 Å². The Morgan fingerprint density at radius 2 is 1.69 bits per heavy atom. The van der Waals surface area contributed by atoms with Crippen LogP contribution in [-0.2, 0) is 6.42 Å². The number of hydrogen-bond acceptors (Lipinski definition) is 5. The van der Waals surface area contributed by atoms with Gasteiger partial charge in [0.1, 0.15) is 11.5 Å². The molecule has 0 aliphatic carbocycles. The molecule has 1 heterocycles. The number of anilines is 2. The Morgan fingerprint density at radius 1 is 0.966 bits per heavy atom. The fourth-order valence-corrected chi connectivity index (χ4v) is 2.75. The molecule has 0 radical (unpaired) electrons. The first-order chi connectivity index (χ1) is 14.1. The fraction of sp³-hybridized carbons (Fsp3) is 0.182. The van der Waals surface area contributed by atoms with Crippen LogP contribution >= 0.6 is 0 Å². The molecule has 0 aliphatic heterocycles. The molecule has 1 aromatic heterocycles. The smallest absolute Gasteiger partial charge is 0.269 e. The van der Waals surface area contributed by atoms with E-state index in [4.69, 9.17) is 9.47 Å². The monoisotopic (exact) mass is 395 g/mol. The first-order valence-electron chi connectivity index (χ1n) is 9.07. The minimum Gasteiger partial charge on any atom is -0.493 e. The van der Waals surface area contributed by atoms with Crippen LogP contribution in [0.15, 0.2) is 60.8 Å². The second-order valence-corrected chi connectivity index (χ2v) is 6.26. The van der Waals surface area contributed by atoms with Gasteiger partial charge in [0.25, 0.3) is 5.91 Å². The van der Waals surface area contributed by atoms with Crippen molar-refractivity contribution in [2.45, 2.75) is 6.42 Å².